The Morgan fingerprint density at radius 3 is 2.11 bits per heavy atom. The molecule has 0 radical (unpaired) electrons. The van der Waals surface area contributed by atoms with Crippen LogP contribution in [0.5, 0.6) is 11.5 Å². The van der Waals surface area contributed by atoms with E-state index in [1.54, 1.807) is 19.1 Å². The molecule has 0 aliphatic heterocycles. The normalized spacial score (nSPS) is 16.0. The zero-order valence-corrected chi connectivity index (χ0v) is 18.1. The topological polar surface area (TPSA) is 84.9 Å². The van der Waals surface area contributed by atoms with E-state index < -0.39 is 10.0 Å². The van der Waals surface area contributed by atoms with E-state index >= 15 is 0 Å². The Hall–Kier alpha value is -1.96. The maximum absolute atomic E-state index is 13.1. The van der Waals surface area contributed by atoms with Crippen molar-refractivity contribution in [3.05, 3.63) is 17.7 Å². The van der Waals surface area contributed by atoms with Crippen LogP contribution in [0.4, 0.5) is 5.69 Å². The van der Waals surface area contributed by atoms with Gasteiger partial charge >= 0.3 is 0 Å². The van der Waals surface area contributed by atoms with Crippen LogP contribution in [0.1, 0.15) is 62.2 Å². The first-order valence-corrected chi connectivity index (χ1v) is 11.7. The molecule has 0 spiro atoms. The van der Waals surface area contributed by atoms with Crippen LogP contribution in [0, 0.1) is 0 Å². The highest BCUT2D eigenvalue weighted by molar-refractivity contribution is 7.92. The summed E-state index contributed by atoms with van der Waals surface area (Å²) in [6, 6.07) is 3.21. The summed E-state index contributed by atoms with van der Waals surface area (Å²) < 4.78 is 36.4. The second kappa shape index (κ2) is 10.0. The van der Waals surface area contributed by atoms with Crippen molar-refractivity contribution in [2.45, 2.75) is 57.9 Å². The first-order valence-electron chi connectivity index (χ1n) is 9.86. The molecule has 0 aromatic heterocycles. The van der Waals surface area contributed by atoms with Gasteiger partial charge in [-0.05, 0) is 25.8 Å². The molecule has 1 aromatic carbocycles. The van der Waals surface area contributed by atoms with Crippen molar-refractivity contribution in [2.24, 2.45) is 0 Å². The number of carbonyl (C=O) groups is 1. The molecule has 7 nitrogen and oxygen atoms in total. The van der Waals surface area contributed by atoms with E-state index in [1.165, 1.54) is 37.8 Å². The van der Waals surface area contributed by atoms with Crippen LogP contribution in [0.3, 0.4) is 0 Å². The molecule has 1 saturated carbocycles. The SMILES string of the molecule is CCN(c1cc(OC)c(OC)cc1C(=O)NC1CCCCCCC1)S(C)(=O)=O. The highest BCUT2D eigenvalue weighted by atomic mass is 32.2. The van der Waals surface area contributed by atoms with Crippen LogP contribution in [0.2, 0.25) is 0 Å². The van der Waals surface area contributed by atoms with Crippen molar-refractivity contribution in [2.75, 3.05) is 31.3 Å². The van der Waals surface area contributed by atoms with Gasteiger partial charge in [0.2, 0.25) is 10.0 Å². The van der Waals surface area contributed by atoms with Crippen molar-refractivity contribution in [1.82, 2.24) is 5.32 Å². The van der Waals surface area contributed by atoms with Gasteiger partial charge in [-0.15, -0.1) is 0 Å². The van der Waals surface area contributed by atoms with E-state index in [9.17, 15) is 13.2 Å². The number of ether oxygens (including phenoxy) is 2. The number of benzene rings is 1. The van der Waals surface area contributed by atoms with Gasteiger partial charge in [0.1, 0.15) is 0 Å². The summed E-state index contributed by atoms with van der Waals surface area (Å²) in [7, 11) is -0.588. The monoisotopic (exact) mass is 412 g/mol. The molecule has 1 aliphatic carbocycles. The molecule has 1 aliphatic rings. The average Bonchev–Trinajstić information content (AvgIpc) is 2.62. The number of rotatable bonds is 7. The highest BCUT2D eigenvalue weighted by Gasteiger charge is 2.26. The summed E-state index contributed by atoms with van der Waals surface area (Å²) in [4.78, 5) is 13.1. The average molecular weight is 413 g/mol. The predicted molar refractivity (Wildman–Crippen MR) is 111 cm³/mol. The van der Waals surface area contributed by atoms with Gasteiger partial charge in [0.15, 0.2) is 11.5 Å². The van der Waals surface area contributed by atoms with Crippen LogP contribution < -0.4 is 19.1 Å². The Kier molecular flexibility index (Phi) is 7.98. The molecule has 0 bridgehead atoms. The fourth-order valence-electron chi connectivity index (χ4n) is 3.70. The zero-order chi connectivity index (χ0) is 20.7. The van der Waals surface area contributed by atoms with E-state index in [4.69, 9.17) is 9.47 Å². The molecule has 28 heavy (non-hydrogen) atoms. The minimum absolute atomic E-state index is 0.0991. The third-order valence-corrected chi connectivity index (χ3v) is 6.40. The van der Waals surface area contributed by atoms with Crippen molar-refractivity contribution in [1.29, 1.82) is 0 Å². The first-order chi connectivity index (χ1) is 13.3. The summed E-state index contributed by atoms with van der Waals surface area (Å²) in [6.07, 6.45) is 8.82. The lowest BCUT2D eigenvalue weighted by Gasteiger charge is -2.26. The molecule has 0 heterocycles. The van der Waals surface area contributed by atoms with Crippen molar-refractivity contribution in [3.63, 3.8) is 0 Å². The number of carbonyl (C=O) groups excluding carboxylic acids is 1. The second-order valence-electron chi connectivity index (χ2n) is 7.17. The molecule has 1 amide bonds. The smallest absolute Gasteiger partial charge is 0.253 e. The van der Waals surface area contributed by atoms with Crippen molar-refractivity contribution < 1.29 is 22.7 Å². The van der Waals surface area contributed by atoms with Crippen LogP contribution in [0.25, 0.3) is 0 Å². The molecule has 1 fully saturated rings. The van der Waals surface area contributed by atoms with Gasteiger partial charge in [-0.2, -0.15) is 0 Å². The van der Waals surface area contributed by atoms with Gasteiger partial charge in [0.05, 0.1) is 31.7 Å². The van der Waals surface area contributed by atoms with E-state index in [-0.39, 0.29) is 24.1 Å². The number of anilines is 1. The van der Waals surface area contributed by atoms with Gasteiger partial charge in [0, 0.05) is 18.7 Å². The maximum Gasteiger partial charge on any atom is 0.253 e. The lowest BCUT2D eigenvalue weighted by molar-refractivity contribution is 0.0930. The van der Waals surface area contributed by atoms with Gasteiger partial charge in [-0.1, -0.05) is 32.1 Å². The third-order valence-electron chi connectivity index (χ3n) is 5.14. The van der Waals surface area contributed by atoms with Gasteiger partial charge in [0.25, 0.3) is 5.91 Å². The first kappa shape index (κ1) is 22.3. The minimum atomic E-state index is -3.56. The van der Waals surface area contributed by atoms with Gasteiger partial charge in [-0.25, -0.2) is 8.42 Å². The Morgan fingerprint density at radius 2 is 1.61 bits per heavy atom. The Balaban J connectivity index is 2.42. The number of amides is 1. The Bertz CT molecular complexity index is 771. The number of hydrogen-bond donors (Lipinski definition) is 1. The van der Waals surface area contributed by atoms with Crippen LogP contribution in [-0.4, -0.2) is 47.4 Å². The summed E-state index contributed by atoms with van der Waals surface area (Å²) in [6.45, 7) is 1.94. The number of sulfonamides is 1. The van der Waals surface area contributed by atoms with E-state index in [0.717, 1.165) is 31.9 Å². The summed E-state index contributed by atoms with van der Waals surface area (Å²) in [5.41, 5.74) is 0.568. The molecule has 2 rings (SSSR count). The predicted octanol–water partition coefficient (Wildman–Crippen LogP) is 3.33. The zero-order valence-electron chi connectivity index (χ0n) is 17.3. The third kappa shape index (κ3) is 5.53. The number of nitrogens with zero attached hydrogens (tertiary/aromatic N) is 1. The lowest BCUT2D eigenvalue weighted by Crippen LogP contribution is -2.37. The summed E-state index contributed by atoms with van der Waals surface area (Å²) in [5.74, 6) is 0.476. The van der Waals surface area contributed by atoms with Crippen molar-refractivity contribution >= 4 is 21.6 Å². The Morgan fingerprint density at radius 1 is 1.07 bits per heavy atom. The molecule has 0 atom stereocenters. The summed E-state index contributed by atoms with van der Waals surface area (Å²) >= 11 is 0. The molecular formula is C20H32N2O5S. The van der Waals surface area contributed by atoms with Gasteiger partial charge in [-0.3, -0.25) is 9.10 Å². The fraction of sp³-hybridized carbons (Fsp3) is 0.650. The highest BCUT2D eigenvalue weighted by Crippen LogP contribution is 2.36. The second-order valence-corrected chi connectivity index (χ2v) is 9.07. The lowest BCUT2D eigenvalue weighted by atomic mass is 9.96. The molecule has 8 heteroatoms. The fourth-order valence-corrected chi connectivity index (χ4v) is 4.68. The summed E-state index contributed by atoms with van der Waals surface area (Å²) in [5, 5.41) is 3.11. The largest absolute Gasteiger partial charge is 0.493 e. The van der Waals surface area contributed by atoms with Crippen LogP contribution in [-0.2, 0) is 10.0 Å². The number of hydrogen-bond acceptors (Lipinski definition) is 5. The van der Waals surface area contributed by atoms with E-state index in [2.05, 4.69) is 5.32 Å². The molecule has 1 aromatic rings. The number of methoxy groups -OCH3 is 2. The molecule has 158 valence electrons. The minimum Gasteiger partial charge on any atom is -0.493 e. The maximum atomic E-state index is 13.1. The van der Waals surface area contributed by atoms with Gasteiger partial charge < -0.3 is 14.8 Å². The Labute approximate surface area is 168 Å². The number of nitrogens with one attached hydrogen (secondary N) is 1. The molecule has 1 N–H and O–H groups in total. The molecule has 0 saturated heterocycles. The van der Waals surface area contributed by atoms with Crippen LogP contribution >= 0.6 is 0 Å². The standard InChI is InChI=1S/C20H32N2O5S/c1-5-22(28(4,24)25)17-14-19(27-3)18(26-2)13-16(17)20(23)21-15-11-9-7-6-8-10-12-15/h13-15H,5-12H2,1-4H3,(H,21,23). The molecular weight excluding hydrogens is 380 g/mol. The van der Waals surface area contributed by atoms with Crippen molar-refractivity contribution in [3.8, 4) is 11.5 Å². The molecule has 0 unspecified atom stereocenters. The van der Waals surface area contributed by atoms with E-state index in [1.807, 2.05) is 0 Å². The quantitative estimate of drug-likeness (QED) is 0.742. The van der Waals surface area contributed by atoms with E-state index in [0.29, 0.717) is 17.2 Å². The van der Waals surface area contributed by atoms with Crippen LogP contribution in [0.15, 0.2) is 12.1 Å².